The maximum atomic E-state index is 12.2. The zero-order valence-electron chi connectivity index (χ0n) is 12.6. The van der Waals surface area contributed by atoms with E-state index in [9.17, 15) is 14.9 Å². The van der Waals surface area contributed by atoms with Crippen molar-refractivity contribution in [1.82, 2.24) is 4.90 Å². The summed E-state index contributed by atoms with van der Waals surface area (Å²) in [7, 11) is 1.70. The number of non-ortho nitro benzene ring substituents is 1. The zero-order valence-corrected chi connectivity index (χ0v) is 12.6. The minimum atomic E-state index is -0.470. The summed E-state index contributed by atoms with van der Waals surface area (Å²) in [5.41, 5.74) is 2.25. The molecule has 0 heterocycles. The van der Waals surface area contributed by atoms with Crippen molar-refractivity contribution in [3.05, 3.63) is 75.3 Å². The van der Waals surface area contributed by atoms with Crippen molar-refractivity contribution in [2.45, 2.75) is 13.0 Å². The van der Waals surface area contributed by atoms with Gasteiger partial charge >= 0.3 is 0 Å². The average molecular weight is 309 g/mol. The molecule has 0 aliphatic heterocycles. The third-order valence-corrected chi connectivity index (χ3v) is 3.43. The lowest BCUT2D eigenvalue weighted by molar-refractivity contribution is -0.384. The second-order valence-electron chi connectivity index (χ2n) is 5.16. The quantitative estimate of drug-likeness (QED) is 0.627. The first-order chi connectivity index (χ1) is 11.0. The number of hydrogen-bond acceptors (Lipinski definition) is 4. The molecule has 0 saturated heterocycles. The molecule has 6 nitrogen and oxygen atoms in total. The molecule has 0 fully saturated rings. The summed E-state index contributed by atoms with van der Waals surface area (Å²) in [5.74, 6) is -0.0804. The SMILES string of the molecule is CN(Cc1ccc(C#N)cc1)C(=O)Cc1ccc([N+](=O)[O-])cc1. The Morgan fingerprint density at radius 2 is 1.70 bits per heavy atom. The minimum Gasteiger partial charge on any atom is -0.341 e. The minimum absolute atomic E-state index is 0.00661. The first-order valence-corrected chi connectivity index (χ1v) is 6.96. The van der Waals surface area contributed by atoms with Crippen molar-refractivity contribution in [2.75, 3.05) is 7.05 Å². The molecular weight excluding hydrogens is 294 g/mol. The fraction of sp³-hybridized carbons (Fsp3) is 0.176. The van der Waals surface area contributed by atoms with Gasteiger partial charge in [-0.1, -0.05) is 24.3 Å². The monoisotopic (exact) mass is 309 g/mol. The lowest BCUT2D eigenvalue weighted by atomic mass is 10.1. The van der Waals surface area contributed by atoms with E-state index in [4.69, 9.17) is 5.26 Å². The predicted octanol–water partition coefficient (Wildman–Crippen LogP) is 2.67. The number of nitrogens with zero attached hydrogens (tertiary/aromatic N) is 3. The summed E-state index contributed by atoms with van der Waals surface area (Å²) in [4.78, 5) is 23.9. The molecule has 0 aliphatic rings. The maximum Gasteiger partial charge on any atom is 0.269 e. The number of likely N-dealkylation sites (N-methyl/N-ethyl adjacent to an activating group) is 1. The summed E-state index contributed by atoms with van der Waals surface area (Å²) in [6.45, 7) is 0.442. The Kier molecular flexibility index (Phi) is 5.05. The molecule has 0 radical (unpaired) electrons. The first-order valence-electron chi connectivity index (χ1n) is 6.96. The van der Waals surface area contributed by atoms with Crippen LogP contribution in [0.15, 0.2) is 48.5 Å². The Labute approximate surface area is 133 Å². The molecule has 2 aromatic carbocycles. The molecule has 6 heteroatoms. The molecule has 116 valence electrons. The molecule has 0 spiro atoms. The van der Waals surface area contributed by atoms with Crippen LogP contribution in [0.2, 0.25) is 0 Å². The molecular formula is C17H15N3O3. The van der Waals surface area contributed by atoms with E-state index in [0.717, 1.165) is 11.1 Å². The van der Waals surface area contributed by atoms with Gasteiger partial charge in [0, 0.05) is 25.7 Å². The van der Waals surface area contributed by atoms with Crippen LogP contribution in [-0.4, -0.2) is 22.8 Å². The molecule has 0 bridgehead atoms. The molecule has 2 rings (SSSR count). The van der Waals surface area contributed by atoms with Gasteiger partial charge in [0.25, 0.3) is 5.69 Å². The van der Waals surface area contributed by atoms with Crippen molar-refractivity contribution in [2.24, 2.45) is 0 Å². The first kappa shape index (κ1) is 16.2. The Bertz CT molecular complexity index is 746. The standard InChI is InChI=1S/C17H15N3O3/c1-19(12-15-4-2-14(11-18)3-5-15)17(21)10-13-6-8-16(9-7-13)20(22)23/h2-9H,10,12H2,1H3. The van der Waals surface area contributed by atoms with E-state index in [1.807, 2.05) is 18.2 Å². The van der Waals surface area contributed by atoms with Gasteiger partial charge in [0.1, 0.15) is 0 Å². The highest BCUT2D eigenvalue weighted by Gasteiger charge is 2.11. The topological polar surface area (TPSA) is 87.2 Å². The Balaban J connectivity index is 1.96. The summed E-state index contributed by atoms with van der Waals surface area (Å²) < 4.78 is 0. The van der Waals surface area contributed by atoms with Crippen LogP contribution in [0.5, 0.6) is 0 Å². The summed E-state index contributed by atoms with van der Waals surface area (Å²) >= 11 is 0. The van der Waals surface area contributed by atoms with Crippen LogP contribution in [0, 0.1) is 21.4 Å². The average Bonchev–Trinajstić information content (AvgIpc) is 2.56. The van der Waals surface area contributed by atoms with Crippen molar-refractivity contribution in [3.63, 3.8) is 0 Å². The Hall–Kier alpha value is -3.20. The molecule has 0 atom stereocenters. The van der Waals surface area contributed by atoms with E-state index in [0.29, 0.717) is 12.1 Å². The van der Waals surface area contributed by atoms with E-state index in [1.54, 1.807) is 36.2 Å². The van der Waals surface area contributed by atoms with Crippen LogP contribution in [0.1, 0.15) is 16.7 Å². The van der Waals surface area contributed by atoms with Gasteiger partial charge in [0.15, 0.2) is 0 Å². The van der Waals surface area contributed by atoms with Gasteiger partial charge in [-0.25, -0.2) is 0 Å². The molecule has 0 aliphatic carbocycles. The second-order valence-corrected chi connectivity index (χ2v) is 5.16. The van der Waals surface area contributed by atoms with Crippen molar-refractivity contribution < 1.29 is 9.72 Å². The maximum absolute atomic E-state index is 12.2. The highest BCUT2D eigenvalue weighted by Crippen LogP contribution is 2.13. The van der Waals surface area contributed by atoms with Gasteiger partial charge in [-0.15, -0.1) is 0 Å². The third-order valence-electron chi connectivity index (χ3n) is 3.43. The van der Waals surface area contributed by atoms with Gasteiger partial charge in [-0.05, 0) is 23.3 Å². The number of hydrogen-bond donors (Lipinski definition) is 0. The van der Waals surface area contributed by atoms with Gasteiger partial charge < -0.3 is 4.90 Å². The molecule has 2 aromatic rings. The predicted molar refractivity (Wildman–Crippen MR) is 84.4 cm³/mol. The van der Waals surface area contributed by atoms with Crippen LogP contribution in [0.4, 0.5) is 5.69 Å². The van der Waals surface area contributed by atoms with Gasteiger partial charge in [-0.2, -0.15) is 5.26 Å². The van der Waals surface area contributed by atoms with Crippen LogP contribution >= 0.6 is 0 Å². The number of nitriles is 1. The lowest BCUT2D eigenvalue weighted by Gasteiger charge is -2.17. The molecule has 23 heavy (non-hydrogen) atoms. The van der Waals surface area contributed by atoms with E-state index < -0.39 is 4.92 Å². The second kappa shape index (κ2) is 7.18. The largest absolute Gasteiger partial charge is 0.341 e. The van der Waals surface area contributed by atoms with Crippen molar-refractivity contribution in [3.8, 4) is 6.07 Å². The van der Waals surface area contributed by atoms with Crippen LogP contribution in [0.3, 0.4) is 0 Å². The fourth-order valence-corrected chi connectivity index (χ4v) is 2.09. The molecule has 1 amide bonds. The van der Waals surface area contributed by atoms with Gasteiger partial charge in [0.05, 0.1) is 23.0 Å². The van der Waals surface area contributed by atoms with Crippen molar-refractivity contribution in [1.29, 1.82) is 5.26 Å². The normalized spacial score (nSPS) is 9.91. The number of carbonyl (C=O) groups excluding carboxylic acids is 1. The Morgan fingerprint density at radius 3 is 2.22 bits per heavy atom. The fourth-order valence-electron chi connectivity index (χ4n) is 2.09. The number of rotatable bonds is 5. The summed E-state index contributed by atoms with van der Waals surface area (Å²) in [6, 6.07) is 15.1. The number of carbonyl (C=O) groups is 1. The summed E-state index contributed by atoms with van der Waals surface area (Å²) in [6.07, 6.45) is 0.185. The molecule has 0 N–H and O–H groups in total. The van der Waals surface area contributed by atoms with E-state index in [-0.39, 0.29) is 18.0 Å². The Morgan fingerprint density at radius 1 is 1.13 bits per heavy atom. The van der Waals surface area contributed by atoms with E-state index >= 15 is 0 Å². The molecule has 0 unspecified atom stereocenters. The van der Waals surface area contributed by atoms with Crippen LogP contribution < -0.4 is 0 Å². The molecule has 0 saturated carbocycles. The van der Waals surface area contributed by atoms with Crippen molar-refractivity contribution >= 4 is 11.6 Å². The highest BCUT2D eigenvalue weighted by molar-refractivity contribution is 5.78. The number of amides is 1. The van der Waals surface area contributed by atoms with Gasteiger partial charge in [0.2, 0.25) is 5.91 Å². The van der Waals surface area contributed by atoms with Crippen LogP contribution in [0.25, 0.3) is 0 Å². The zero-order chi connectivity index (χ0) is 16.8. The smallest absolute Gasteiger partial charge is 0.269 e. The van der Waals surface area contributed by atoms with E-state index in [2.05, 4.69) is 0 Å². The molecule has 0 aromatic heterocycles. The van der Waals surface area contributed by atoms with Gasteiger partial charge in [-0.3, -0.25) is 14.9 Å². The third kappa shape index (κ3) is 4.38. The number of benzene rings is 2. The number of nitro groups is 1. The van der Waals surface area contributed by atoms with E-state index in [1.165, 1.54) is 12.1 Å². The van der Waals surface area contributed by atoms with Crippen LogP contribution in [-0.2, 0) is 17.8 Å². The highest BCUT2D eigenvalue weighted by atomic mass is 16.6. The summed E-state index contributed by atoms with van der Waals surface area (Å²) in [5, 5.41) is 19.4. The lowest BCUT2D eigenvalue weighted by Crippen LogP contribution is -2.27. The number of nitro benzene ring substituents is 1.